The zero-order valence-electron chi connectivity index (χ0n) is 20.0. The fourth-order valence-corrected chi connectivity index (χ4v) is 3.76. The van der Waals surface area contributed by atoms with E-state index < -0.39 is 44.8 Å². The quantitative estimate of drug-likeness (QED) is 0.169. The molecule has 5 N–H and O–H groups in total. The Balaban J connectivity index is 1.98. The first-order valence-corrected chi connectivity index (χ1v) is 12.4. The van der Waals surface area contributed by atoms with E-state index in [0.717, 1.165) is 6.20 Å². The van der Waals surface area contributed by atoms with Gasteiger partial charge in [0.2, 0.25) is 18.0 Å². The number of benzene rings is 2. The number of nitro groups is 1. The number of nitrogens with zero attached hydrogens (tertiary/aromatic N) is 1. The molecular weight excluding hydrogens is 506 g/mol. The highest BCUT2D eigenvalue weighted by Gasteiger charge is 2.22. The summed E-state index contributed by atoms with van der Waals surface area (Å²) < 4.78 is 30.2. The highest BCUT2D eigenvalue weighted by Crippen LogP contribution is 2.20. The van der Waals surface area contributed by atoms with Gasteiger partial charge >= 0.3 is 10.1 Å². The Morgan fingerprint density at radius 2 is 1.59 bits per heavy atom. The van der Waals surface area contributed by atoms with Crippen molar-refractivity contribution in [3.05, 3.63) is 76.0 Å². The smallest absolute Gasteiger partial charge is 0.339 e. The van der Waals surface area contributed by atoms with Crippen LogP contribution in [0.1, 0.15) is 29.8 Å². The molecule has 3 amide bonds. The second-order valence-electron chi connectivity index (χ2n) is 7.74. The molecule has 0 saturated heterocycles. The summed E-state index contributed by atoms with van der Waals surface area (Å²) in [5.74, 6) is -1.65. The van der Waals surface area contributed by atoms with Gasteiger partial charge in [-0.1, -0.05) is 12.1 Å². The Morgan fingerprint density at radius 1 is 1.00 bits per heavy atom. The second-order valence-corrected chi connectivity index (χ2v) is 9.28. The maximum absolute atomic E-state index is 12.6. The maximum Gasteiger partial charge on any atom is 0.339 e. The second kappa shape index (κ2) is 13.1. The number of rotatable bonds is 12. The van der Waals surface area contributed by atoms with Crippen molar-refractivity contribution >= 4 is 33.9 Å². The molecule has 0 aliphatic heterocycles. The molecule has 0 fully saturated rings. The first-order valence-electron chi connectivity index (χ1n) is 11.0. The summed E-state index contributed by atoms with van der Waals surface area (Å²) in [6.07, 6.45) is 1.99. The fourth-order valence-electron chi connectivity index (χ4n) is 2.83. The molecule has 13 nitrogen and oxygen atoms in total. The third-order valence-corrected chi connectivity index (χ3v) is 6.08. The first kappa shape index (κ1) is 28.9. The number of hydrogen-bond donors (Lipinski definition) is 4. The molecular formula is C23H27N5O8S. The lowest BCUT2D eigenvalue weighted by atomic mass is 10.2. The summed E-state index contributed by atoms with van der Waals surface area (Å²) >= 11 is 0. The average molecular weight is 534 g/mol. The molecule has 198 valence electrons. The predicted molar refractivity (Wildman–Crippen MR) is 133 cm³/mol. The minimum absolute atomic E-state index is 0.00847. The topological polar surface area (TPSA) is 200 Å². The fraction of sp³-hybridized carbons (Fsp3) is 0.261. The van der Waals surface area contributed by atoms with Gasteiger partial charge in [0.1, 0.15) is 22.7 Å². The predicted octanol–water partition coefficient (Wildman–Crippen LogP) is 0.400. The standard InChI is InChI=1S/C23H27N5O8S/c1-15(21(29)25-13-12-24)26-22(30)16(2)27-23(31)18-5-9-20(10-6-18)37(34,35)36-19-7-3-17(4-8-19)11-14-28(32)33/h3-11,14-16H,12-13,24H2,1-2H3,(H,25,29)(H,26,30)(H,27,31)/b14-11+/t15-,16-/m0/s1. The molecule has 37 heavy (non-hydrogen) atoms. The van der Waals surface area contributed by atoms with Gasteiger partial charge in [0.25, 0.3) is 5.91 Å². The lowest BCUT2D eigenvalue weighted by Gasteiger charge is -2.18. The van der Waals surface area contributed by atoms with E-state index in [9.17, 15) is 32.9 Å². The molecule has 2 rings (SSSR count). The average Bonchev–Trinajstić information content (AvgIpc) is 2.86. The minimum atomic E-state index is -4.23. The molecule has 0 radical (unpaired) electrons. The van der Waals surface area contributed by atoms with Crippen LogP contribution in [0.15, 0.2) is 59.6 Å². The van der Waals surface area contributed by atoms with Crippen molar-refractivity contribution < 1.29 is 31.9 Å². The van der Waals surface area contributed by atoms with Crippen LogP contribution in [0, 0.1) is 10.1 Å². The van der Waals surface area contributed by atoms with Gasteiger partial charge in [0.05, 0.1) is 4.92 Å². The molecule has 0 aromatic heterocycles. The van der Waals surface area contributed by atoms with Gasteiger partial charge in [-0.05, 0) is 55.8 Å². The Kier molecular flexibility index (Phi) is 10.3. The zero-order valence-corrected chi connectivity index (χ0v) is 20.9. The minimum Gasteiger partial charge on any atom is -0.379 e. The molecule has 0 heterocycles. The summed E-state index contributed by atoms with van der Waals surface area (Å²) in [6.45, 7) is 3.44. The van der Waals surface area contributed by atoms with E-state index in [4.69, 9.17) is 9.92 Å². The van der Waals surface area contributed by atoms with Crippen LogP contribution in [-0.2, 0) is 19.7 Å². The van der Waals surface area contributed by atoms with Gasteiger partial charge in [-0.15, -0.1) is 0 Å². The SMILES string of the molecule is C[C@H](NC(=O)c1ccc(S(=O)(=O)Oc2ccc(/C=C/[N+](=O)[O-])cc2)cc1)C(=O)N[C@@H](C)C(=O)NCCN. The van der Waals surface area contributed by atoms with Gasteiger partial charge in [-0.3, -0.25) is 24.5 Å². The van der Waals surface area contributed by atoms with Crippen molar-refractivity contribution in [3.63, 3.8) is 0 Å². The van der Waals surface area contributed by atoms with Crippen molar-refractivity contribution in [2.24, 2.45) is 5.73 Å². The van der Waals surface area contributed by atoms with E-state index in [0.29, 0.717) is 5.56 Å². The van der Waals surface area contributed by atoms with Crippen LogP contribution < -0.4 is 25.9 Å². The normalized spacial score (nSPS) is 12.8. The molecule has 2 aromatic carbocycles. The lowest BCUT2D eigenvalue weighted by Crippen LogP contribution is -2.52. The van der Waals surface area contributed by atoms with Crippen molar-refractivity contribution in [1.82, 2.24) is 16.0 Å². The van der Waals surface area contributed by atoms with Gasteiger partial charge in [-0.2, -0.15) is 8.42 Å². The van der Waals surface area contributed by atoms with Crippen LogP contribution in [0.4, 0.5) is 0 Å². The summed E-state index contributed by atoms with van der Waals surface area (Å²) in [5, 5.41) is 17.9. The van der Waals surface area contributed by atoms with Crippen LogP contribution >= 0.6 is 0 Å². The van der Waals surface area contributed by atoms with Gasteiger partial charge < -0.3 is 25.9 Å². The Morgan fingerprint density at radius 3 is 2.16 bits per heavy atom. The van der Waals surface area contributed by atoms with Crippen LogP contribution in [0.25, 0.3) is 6.08 Å². The van der Waals surface area contributed by atoms with Gasteiger partial charge in [0, 0.05) is 24.7 Å². The highest BCUT2D eigenvalue weighted by molar-refractivity contribution is 7.87. The number of carbonyl (C=O) groups excluding carboxylic acids is 3. The van der Waals surface area contributed by atoms with E-state index in [1.807, 2.05) is 0 Å². The lowest BCUT2D eigenvalue weighted by molar-refractivity contribution is -0.400. The van der Waals surface area contributed by atoms with E-state index in [2.05, 4.69) is 16.0 Å². The van der Waals surface area contributed by atoms with Crippen molar-refractivity contribution in [2.45, 2.75) is 30.8 Å². The molecule has 2 atom stereocenters. The Hall–Kier alpha value is -4.30. The van der Waals surface area contributed by atoms with Crippen LogP contribution in [0.3, 0.4) is 0 Å². The van der Waals surface area contributed by atoms with Crippen LogP contribution in [0.2, 0.25) is 0 Å². The molecule has 14 heteroatoms. The van der Waals surface area contributed by atoms with E-state index in [-0.39, 0.29) is 29.3 Å². The Bertz CT molecular complexity index is 1260. The molecule has 0 aliphatic carbocycles. The highest BCUT2D eigenvalue weighted by atomic mass is 32.2. The number of hydrogen-bond acceptors (Lipinski definition) is 9. The number of nitrogens with one attached hydrogen (secondary N) is 3. The molecule has 0 bridgehead atoms. The number of carbonyl (C=O) groups is 3. The third-order valence-electron chi connectivity index (χ3n) is 4.82. The molecule has 0 unspecified atom stereocenters. The van der Waals surface area contributed by atoms with Crippen molar-refractivity contribution in [2.75, 3.05) is 13.1 Å². The summed E-state index contributed by atoms with van der Waals surface area (Å²) in [7, 11) is -4.23. The third kappa shape index (κ3) is 9.01. The van der Waals surface area contributed by atoms with Crippen LogP contribution in [-0.4, -0.2) is 56.2 Å². The largest absolute Gasteiger partial charge is 0.379 e. The Labute approximate surface area is 213 Å². The van der Waals surface area contributed by atoms with Crippen LogP contribution in [0.5, 0.6) is 5.75 Å². The van der Waals surface area contributed by atoms with Crippen molar-refractivity contribution in [1.29, 1.82) is 0 Å². The molecule has 0 saturated carbocycles. The van der Waals surface area contributed by atoms with Crippen molar-refractivity contribution in [3.8, 4) is 5.75 Å². The molecule has 0 aliphatic rings. The number of amides is 3. The zero-order chi connectivity index (χ0) is 27.6. The summed E-state index contributed by atoms with van der Waals surface area (Å²) in [6, 6.07) is 8.62. The molecule has 0 spiro atoms. The van der Waals surface area contributed by atoms with E-state index >= 15 is 0 Å². The first-order chi connectivity index (χ1) is 17.4. The van der Waals surface area contributed by atoms with E-state index in [1.165, 1.54) is 68.5 Å². The summed E-state index contributed by atoms with van der Waals surface area (Å²) in [5.41, 5.74) is 5.88. The maximum atomic E-state index is 12.6. The monoisotopic (exact) mass is 533 g/mol. The van der Waals surface area contributed by atoms with E-state index in [1.54, 1.807) is 0 Å². The van der Waals surface area contributed by atoms with Gasteiger partial charge in [0.15, 0.2) is 0 Å². The molecule has 2 aromatic rings. The summed E-state index contributed by atoms with van der Waals surface area (Å²) in [4.78, 5) is 46.1. The number of nitrogens with two attached hydrogens (primary N) is 1. The van der Waals surface area contributed by atoms with Gasteiger partial charge in [-0.25, -0.2) is 0 Å².